The van der Waals surface area contributed by atoms with E-state index in [1.165, 1.54) is 12.1 Å². The highest BCUT2D eigenvalue weighted by atomic mass is 19.1. The molecule has 1 aliphatic carbocycles. The number of carbonyl (C=O) groups excluding carboxylic acids is 2. The lowest BCUT2D eigenvalue weighted by Crippen LogP contribution is -2.54. The molecular formula is C25H27FN2O2. The number of carbonyl (C=O) groups is 2. The van der Waals surface area contributed by atoms with E-state index in [1.54, 1.807) is 0 Å². The van der Waals surface area contributed by atoms with Crippen LogP contribution >= 0.6 is 0 Å². The maximum atomic E-state index is 13.4. The van der Waals surface area contributed by atoms with Crippen molar-refractivity contribution in [3.8, 4) is 0 Å². The molecule has 1 N–H and O–H groups in total. The number of benzene rings is 2. The minimum Gasteiger partial charge on any atom is -0.355 e. The molecule has 3 fully saturated rings. The van der Waals surface area contributed by atoms with Gasteiger partial charge in [0.25, 0.3) is 0 Å². The van der Waals surface area contributed by atoms with Crippen LogP contribution in [0.2, 0.25) is 0 Å². The number of rotatable bonds is 3. The molecule has 1 spiro atoms. The molecule has 30 heavy (non-hydrogen) atoms. The van der Waals surface area contributed by atoms with Crippen LogP contribution in [0.4, 0.5) is 4.39 Å². The highest BCUT2D eigenvalue weighted by Gasteiger charge is 2.54. The monoisotopic (exact) mass is 406 g/mol. The predicted molar refractivity (Wildman–Crippen MR) is 112 cm³/mol. The first-order valence-electron chi connectivity index (χ1n) is 10.9. The van der Waals surface area contributed by atoms with Gasteiger partial charge in [-0.15, -0.1) is 0 Å². The molecule has 2 amide bonds. The molecule has 3 aliphatic rings. The number of likely N-dealkylation sites (tertiary alicyclic amines) is 1. The third-order valence-corrected chi connectivity index (χ3v) is 7.56. The molecule has 156 valence electrons. The molecule has 0 aromatic heterocycles. The van der Waals surface area contributed by atoms with Crippen molar-refractivity contribution < 1.29 is 14.0 Å². The molecule has 2 saturated heterocycles. The summed E-state index contributed by atoms with van der Waals surface area (Å²) in [5.74, 6) is 0.221. The van der Waals surface area contributed by atoms with E-state index in [0.29, 0.717) is 26.1 Å². The molecule has 5 heteroatoms. The largest absolute Gasteiger partial charge is 0.355 e. The first-order valence-corrected chi connectivity index (χ1v) is 10.9. The second kappa shape index (κ2) is 7.22. The third-order valence-electron chi connectivity index (χ3n) is 7.56. The van der Waals surface area contributed by atoms with Gasteiger partial charge in [-0.2, -0.15) is 0 Å². The van der Waals surface area contributed by atoms with Crippen molar-refractivity contribution in [3.63, 3.8) is 0 Å². The van der Waals surface area contributed by atoms with E-state index in [2.05, 4.69) is 17.4 Å². The quantitative estimate of drug-likeness (QED) is 0.844. The molecule has 0 bridgehead atoms. The number of hydrogen-bond donors (Lipinski definition) is 1. The Hall–Kier alpha value is -2.69. The highest BCUT2D eigenvalue weighted by Crippen LogP contribution is 2.52. The standard InChI is InChI=1S/C25H27FN2O2/c26-20-8-6-18(7-9-20)21-17-27-22(29)16-24(21)12-14-28(15-13-24)23(30)25(10-11-25)19-4-2-1-3-5-19/h1-9,21H,10-17H2,(H,27,29). The number of nitrogens with one attached hydrogen (secondary N) is 1. The normalized spacial score (nSPS) is 24.4. The zero-order chi connectivity index (χ0) is 20.8. The number of nitrogens with zero attached hydrogens (tertiary/aromatic N) is 1. The number of amides is 2. The summed E-state index contributed by atoms with van der Waals surface area (Å²) in [5, 5.41) is 2.99. The van der Waals surface area contributed by atoms with Gasteiger partial charge in [-0.3, -0.25) is 9.59 Å². The molecule has 5 rings (SSSR count). The van der Waals surface area contributed by atoms with Gasteiger partial charge in [0.2, 0.25) is 11.8 Å². The molecule has 2 aromatic rings. The number of piperidine rings is 2. The first kappa shape index (κ1) is 19.3. The van der Waals surface area contributed by atoms with Crippen molar-refractivity contribution >= 4 is 11.8 Å². The fourth-order valence-corrected chi connectivity index (χ4v) is 5.60. The van der Waals surface area contributed by atoms with Crippen molar-refractivity contribution in [2.24, 2.45) is 5.41 Å². The molecule has 4 nitrogen and oxygen atoms in total. The van der Waals surface area contributed by atoms with E-state index in [1.807, 2.05) is 35.2 Å². The molecule has 1 atom stereocenters. The SMILES string of the molecule is O=C1CC2(CCN(C(=O)C3(c4ccccc4)CC3)CC2)C(c2ccc(F)cc2)CN1. The van der Waals surface area contributed by atoms with Crippen molar-refractivity contribution in [1.29, 1.82) is 0 Å². The summed E-state index contributed by atoms with van der Waals surface area (Å²) in [5.41, 5.74) is 1.68. The molecule has 1 unspecified atom stereocenters. The summed E-state index contributed by atoms with van der Waals surface area (Å²) in [6.45, 7) is 1.93. The van der Waals surface area contributed by atoms with Crippen LogP contribution in [0, 0.1) is 11.2 Å². The van der Waals surface area contributed by atoms with E-state index >= 15 is 0 Å². The van der Waals surface area contributed by atoms with Crippen molar-refractivity contribution in [1.82, 2.24) is 10.2 Å². The van der Waals surface area contributed by atoms with Crippen LogP contribution in [0.15, 0.2) is 54.6 Å². The minimum absolute atomic E-state index is 0.0797. The molecular weight excluding hydrogens is 379 g/mol. The van der Waals surface area contributed by atoms with Crippen LogP contribution < -0.4 is 5.32 Å². The fourth-order valence-electron chi connectivity index (χ4n) is 5.60. The highest BCUT2D eigenvalue weighted by molar-refractivity contribution is 5.91. The topological polar surface area (TPSA) is 49.4 Å². The Bertz CT molecular complexity index is 945. The van der Waals surface area contributed by atoms with Crippen LogP contribution in [-0.2, 0) is 15.0 Å². The van der Waals surface area contributed by atoms with Gasteiger partial charge in [0, 0.05) is 32.0 Å². The second-order valence-corrected chi connectivity index (χ2v) is 9.19. The summed E-state index contributed by atoms with van der Waals surface area (Å²) in [4.78, 5) is 27.7. The van der Waals surface area contributed by atoms with Gasteiger partial charge in [0.15, 0.2) is 0 Å². The molecule has 2 aliphatic heterocycles. The zero-order valence-electron chi connectivity index (χ0n) is 17.1. The van der Waals surface area contributed by atoms with Gasteiger partial charge in [-0.05, 0) is 54.4 Å². The Morgan fingerprint density at radius 2 is 1.63 bits per heavy atom. The van der Waals surface area contributed by atoms with Gasteiger partial charge in [0.05, 0.1) is 5.41 Å². The average molecular weight is 407 g/mol. The Kier molecular flexibility index (Phi) is 4.64. The molecule has 2 heterocycles. The van der Waals surface area contributed by atoms with Crippen LogP contribution in [0.3, 0.4) is 0 Å². The van der Waals surface area contributed by atoms with E-state index in [4.69, 9.17) is 0 Å². The third kappa shape index (κ3) is 3.21. The van der Waals surface area contributed by atoms with E-state index < -0.39 is 0 Å². The number of halogens is 1. The van der Waals surface area contributed by atoms with Crippen LogP contribution in [-0.4, -0.2) is 36.3 Å². The Balaban J connectivity index is 1.35. The van der Waals surface area contributed by atoms with Crippen LogP contribution in [0.5, 0.6) is 0 Å². The summed E-state index contributed by atoms with van der Waals surface area (Å²) < 4.78 is 13.4. The maximum absolute atomic E-state index is 13.4. The van der Waals surface area contributed by atoms with Gasteiger partial charge in [0.1, 0.15) is 5.82 Å². The zero-order valence-corrected chi connectivity index (χ0v) is 17.1. The van der Waals surface area contributed by atoms with Gasteiger partial charge in [-0.25, -0.2) is 4.39 Å². The van der Waals surface area contributed by atoms with Crippen LogP contribution in [0.25, 0.3) is 0 Å². The second-order valence-electron chi connectivity index (χ2n) is 9.19. The lowest BCUT2D eigenvalue weighted by atomic mass is 9.62. The molecule has 0 radical (unpaired) electrons. The molecule has 2 aromatic carbocycles. The van der Waals surface area contributed by atoms with Crippen LogP contribution in [0.1, 0.15) is 49.1 Å². The summed E-state index contributed by atoms with van der Waals surface area (Å²) in [6, 6.07) is 16.8. The van der Waals surface area contributed by atoms with E-state index in [9.17, 15) is 14.0 Å². The van der Waals surface area contributed by atoms with E-state index in [-0.39, 0.29) is 34.4 Å². The van der Waals surface area contributed by atoms with Gasteiger partial charge >= 0.3 is 0 Å². The van der Waals surface area contributed by atoms with E-state index in [0.717, 1.165) is 36.8 Å². The predicted octanol–water partition coefficient (Wildman–Crippen LogP) is 3.77. The van der Waals surface area contributed by atoms with Gasteiger partial charge < -0.3 is 10.2 Å². The Labute approximate surface area is 176 Å². The van der Waals surface area contributed by atoms with Crippen molar-refractivity contribution in [2.45, 2.75) is 43.4 Å². The smallest absolute Gasteiger partial charge is 0.233 e. The summed E-state index contributed by atoms with van der Waals surface area (Å²) in [6.07, 6.45) is 3.91. The average Bonchev–Trinajstić information content (AvgIpc) is 3.58. The first-order chi connectivity index (χ1) is 14.5. The number of hydrogen-bond acceptors (Lipinski definition) is 2. The molecule has 1 saturated carbocycles. The van der Waals surface area contributed by atoms with Crippen molar-refractivity contribution in [3.05, 3.63) is 71.5 Å². The van der Waals surface area contributed by atoms with Gasteiger partial charge in [-0.1, -0.05) is 42.5 Å². The maximum Gasteiger partial charge on any atom is 0.233 e. The lowest BCUT2D eigenvalue weighted by molar-refractivity contribution is -0.138. The fraction of sp³-hybridized carbons (Fsp3) is 0.440. The minimum atomic E-state index is -0.341. The van der Waals surface area contributed by atoms with Crippen molar-refractivity contribution in [2.75, 3.05) is 19.6 Å². The lowest BCUT2D eigenvalue weighted by Gasteiger charge is -2.49. The Morgan fingerprint density at radius 1 is 0.967 bits per heavy atom. The summed E-state index contributed by atoms with van der Waals surface area (Å²) >= 11 is 0. The Morgan fingerprint density at radius 3 is 2.27 bits per heavy atom. The summed E-state index contributed by atoms with van der Waals surface area (Å²) in [7, 11) is 0.